The Kier molecular flexibility index (Phi) is 12.7. The van der Waals surface area contributed by atoms with E-state index in [0.29, 0.717) is 62.4 Å². The number of benzene rings is 1. The molecule has 0 spiro atoms. The number of hydrogen-bond donors (Lipinski definition) is 5. The van der Waals surface area contributed by atoms with Crippen LogP contribution in [0, 0.1) is 0 Å². The summed E-state index contributed by atoms with van der Waals surface area (Å²) >= 11 is 1.32. The average Bonchev–Trinajstić information content (AvgIpc) is 3.68. The number of ether oxygens (including phenoxy) is 1. The Hall–Kier alpha value is -3.84. The highest BCUT2D eigenvalue weighted by atomic mass is 32.1. The van der Waals surface area contributed by atoms with Crippen LogP contribution in [-0.2, 0) is 30.3 Å². The smallest absolute Gasteiger partial charge is 0.290 e. The summed E-state index contributed by atoms with van der Waals surface area (Å²) in [5, 5.41) is 20.8. The lowest BCUT2D eigenvalue weighted by Crippen LogP contribution is -2.55. The topological polar surface area (TPSA) is 176 Å². The van der Waals surface area contributed by atoms with Crippen molar-refractivity contribution in [1.82, 2.24) is 26.3 Å². The number of amides is 4. The van der Waals surface area contributed by atoms with Gasteiger partial charge >= 0.3 is 0 Å². The van der Waals surface area contributed by atoms with Gasteiger partial charge in [-0.15, -0.1) is 11.3 Å². The normalized spacial score (nSPS) is 23.7. The molecule has 4 amide bonds. The number of carboxylic acid groups (broad SMARTS) is 1. The molecule has 0 radical (unpaired) electrons. The molecule has 12 nitrogen and oxygen atoms in total. The highest BCUT2D eigenvalue weighted by molar-refractivity contribution is 7.09. The van der Waals surface area contributed by atoms with Crippen molar-refractivity contribution in [3.8, 4) is 0 Å². The molecular weight excluding hydrogens is 550 g/mol. The molecule has 0 unspecified atom stereocenters. The van der Waals surface area contributed by atoms with E-state index in [1.165, 1.54) is 11.3 Å². The molecule has 4 rings (SSSR count). The summed E-state index contributed by atoms with van der Waals surface area (Å²) in [6.45, 7) is 2.51. The zero-order chi connectivity index (χ0) is 29.6. The second-order valence-corrected chi connectivity index (χ2v) is 10.6. The van der Waals surface area contributed by atoms with Crippen molar-refractivity contribution in [2.75, 3.05) is 13.2 Å². The monoisotopic (exact) mass is 587 g/mol. The summed E-state index contributed by atoms with van der Waals surface area (Å²) in [6, 6.07) is 7.62. The Morgan fingerprint density at radius 1 is 1.10 bits per heavy atom. The Bertz CT molecular complexity index is 1170. The van der Waals surface area contributed by atoms with E-state index in [0.717, 1.165) is 12.0 Å². The van der Waals surface area contributed by atoms with Crippen LogP contribution in [0.25, 0.3) is 0 Å². The maximum absolute atomic E-state index is 13.4. The molecule has 1 fully saturated rings. The van der Waals surface area contributed by atoms with Crippen molar-refractivity contribution in [3.63, 3.8) is 0 Å². The van der Waals surface area contributed by atoms with Gasteiger partial charge in [0.25, 0.3) is 12.4 Å². The largest absolute Gasteiger partial charge is 0.483 e. The molecular formula is C28H37N5O7S. The minimum Gasteiger partial charge on any atom is -0.483 e. The van der Waals surface area contributed by atoms with E-state index >= 15 is 0 Å². The number of nitrogens with one attached hydrogen (secondary N) is 4. The molecule has 13 heteroatoms. The van der Waals surface area contributed by atoms with Crippen molar-refractivity contribution in [3.05, 3.63) is 52.0 Å². The molecule has 1 aromatic heterocycles. The molecule has 0 aliphatic carbocycles. The van der Waals surface area contributed by atoms with Gasteiger partial charge in [0.15, 0.2) is 0 Å². The Morgan fingerprint density at radius 2 is 1.83 bits per heavy atom. The van der Waals surface area contributed by atoms with Crippen LogP contribution in [-0.4, -0.2) is 71.5 Å². The van der Waals surface area contributed by atoms with Crippen LogP contribution in [0.15, 0.2) is 35.7 Å². The number of carbonyl (C=O) groups excluding carboxylic acids is 4. The van der Waals surface area contributed by atoms with Gasteiger partial charge in [0, 0.05) is 18.5 Å². The van der Waals surface area contributed by atoms with E-state index in [2.05, 4.69) is 26.3 Å². The van der Waals surface area contributed by atoms with E-state index in [4.69, 9.17) is 14.6 Å². The van der Waals surface area contributed by atoms with Gasteiger partial charge in [0.05, 0.1) is 6.04 Å². The zero-order valence-electron chi connectivity index (χ0n) is 23.0. The summed E-state index contributed by atoms with van der Waals surface area (Å²) < 4.78 is 5.47. The lowest BCUT2D eigenvalue weighted by atomic mass is 10.0. The quantitative estimate of drug-likeness (QED) is 0.329. The molecule has 5 N–H and O–H groups in total. The predicted molar refractivity (Wildman–Crippen MR) is 151 cm³/mol. The Labute approximate surface area is 242 Å². The molecule has 1 aromatic carbocycles. The molecule has 2 aliphatic rings. The third-order valence-corrected chi connectivity index (χ3v) is 7.71. The lowest BCUT2D eigenvalue weighted by Gasteiger charge is -2.25. The number of carbonyl (C=O) groups is 5. The van der Waals surface area contributed by atoms with Crippen molar-refractivity contribution < 1.29 is 33.8 Å². The summed E-state index contributed by atoms with van der Waals surface area (Å²) in [5.74, 6) is -1.36. The molecule has 2 bridgehead atoms. The first-order valence-corrected chi connectivity index (χ1v) is 14.6. The molecule has 222 valence electrons. The molecule has 1 saturated heterocycles. The average molecular weight is 588 g/mol. The molecule has 41 heavy (non-hydrogen) atoms. The minimum atomic E-state index is -0.809. The number of fused-ring (bicyclic) bond motifs is 2. The summed E-state index contributed by atoms with van der Waals surface area (Å²) in [5.41, 5.74) is 1.31. The summed E-state index contributed by atoms with van der Waals surface area (Å²) in [4.78, 5) is 64.9. The van der Waals surface area contributed by atoms with Crippen LogP contribution in [0.4, 0.5) is 0 Å². The van der Waals surface area contributed by atoms with Crippen molar-refractivity contribution in [2.45, 2.75) is 76.1 Å². The van der Waals surface area contributed by atoms with Crippen LogP contribution in [0.1, 0.15) is 72.6 Å². The third-order valence-electron chi connectivity index (χ3n) is 6.75. The molecule has 0 saturated carbocycles. The van der Waals surface area contributed by atoms with Crippen LogP contribution in [0.3, 0.4) is 0 Å². The number of nitrogens with zero attached hydrogens (tertiary/aromatic N) is 1. The van der Waals surface area contributed by atoms with E-state index in [-0.39, 0.29) is 24.2 Å². The Balaban J connectivity index is 0.00000147. The summed E-state index contributed by atoms with van der Waals surface area (Å²) in [6.07, 6.45) is 3.29. The van der Waals surface area contributed by atoms with E-state index in [1.807, 2.05) is 37.3 Å². The van der Waals surface area contributed by atoms with Crippen LogP contribution in [0.2, 0.25) is 0 Å². The van der Waals surface area contributed by atoms with Gasteiger partial charge in [-0.2, -0.15) is 0 Å². The second kappa shape index (κ2) is 16.4. The fourth-order valence-electron chi connectivity index (χ4n) is 4.58. The SMILES string of the molecule is CC[C@H]1NC(=O)[C@@H](NC(=O)[C@@H]2CCCO2)CCCCNC(=O)c2csc(n2)[C@H](Cc2ccccc2)NC1=O.O=CO. The van der Waals surface area contributed by atoms with Gasteiger partial charge < -0.3 is 31.1 Å². The van der Waals surface area contributed by atoms with Crippen LogP contribution < -0.4 is 21.3 Å². The fraction of sp³-hybridized carbons (Fsp3) is 0.500. The maximum Gasteiger partial charge on any atom is 0.290 e. The number of aromatic nitrogens is 1. The molecule has 4 atom stereocenters. The minimum absolute atomic E-state index is 0.250. The summed E-state index contributed by atoms with van der Waals surface area (Å²) in [7, 11) is 0. The standard InChI is InChI=1S/C27H35N5O5S.CH2O2/c1-2-18-24(34)31-20(15-17-9-4-3-5-10-17)27-32-21(16-38-27)23(33)28-13-7-6-11-19(25(35)29-18)30-26(36)22-12-8-14-37-22;2-1-3/h3-5,9-10,16,18-20,22H,2,6-8,11-15H2,1H3,(H,28,33)(H,29,35)(H,30,36)(H,31,34);1H,(H,2,3)/t18-,19+,20+,22+;/m1./s1. The van der Waals surface area contributed by atoms with Crippen LogP contribution >= 0.6 is 11.3 Å². The number of thiazole rings is 1. The highest BCUT2D eigenvalue weighted by Crippen LogP contribution is 2.23. The van der Waals surface area contributed by atoms with Gasteiger partial charge in [0.1, 0.15) is 28.9 Å². The van der Waals surface area contributed by atoms with Crippen molar-refractivity contribution in [2.24, 2.45) is 0 Å². The molecule has 2 aromatic rings. The van der Waals surface area contributed by atoms with Crippen molar-refractivity contribution >= 4 is 41.4 Å². The lowest BCUT2D eigenvalue weighted by molar-refractivity contribution is -0.135. The first-order valence-electron chi connectivity index (χ1n) is 13.7. The zero-order valence-corrected chi connectivity index (χ0v) is 23.8. The van der Waals surface area contributed by atoms with Gasteiger partial charge in [-0.3, -0.25) is 24.0 Å². The second-order valence-electron chi connectivity index (χ2n) is 9.71. The van der Waals surface area contributed by atoms with Gasteiger partial charge in [-0.05, 0) is 50.5 Å². The number of rotatable bonds is 5. The maximum atomic E-state index is 13.4. The van der Waals surface area contributed by atoms with Gasteiger partial charge in [0.2, 0.25) is 17.7 Å². The first-order chi connectivity index (χ1) is 19.9. The van der Waals surface area contributed by atoms with Gasteiger partial charge in [-0.1, -0.05) is 37.3 Å². The predicted octanol–water partition coefficient (Wildman–Crippen LogP) is 1.72. The first kappa shape index (κ1) is 31.7. The van der Waals surface area contributed by atoms with Crippen LogP contribution in [0.5, 0.6) is 0 Å². The van der Waals surface area contributed by atoms with E-state index in [1.54, 1.807) is 5.38 Å². The fourth-order valence-corrected chi connectivity index (χ4v) is 5.43. The number of hydrogen-bond acceptors (Lipinski definition) is 8. The van der Waals surface area contributed by atoms with Gasteiger partial charge in [-0.25, -0.2) is 4.98 Å². The third kappa shape index (κ3) is 9.64. The van der Waals surface area contributed by atoms with E-state index in [9.17, 15) is 19.2 Å². The molecule has 2 aliphatic heterocycles. The highest BCUT2D eigenvalue weighted by Gasteiger charge is 2.31. The molecule has 3 heterocycles. The van der Waals surface area contributed by atoms with Crippen molar-refractivity contribution in [1.29, 1.82) is 0 Å². The Morgan fingerprint density at radius 3 is 2.51 bits per heavy atom. The van der Waals surface area contributed by atoms with E-state index < -0.39 is 30.1 Å².